The van der Waals surface area contributed by atoms with Crippen molar-refractivity contribution in [2.24, 2.45) is 12.1 Å². The van der Waals surface area contributed by atoms with Crippen molar-refractivity contribution >= 4 is 50.6 Å². The van der Waals surface area contributed by atoms with Crippen molar-refractivity contribution in [2.45, 2.75) is 29.1 Å². The molecular weight excluding hydrogens is 623 g/mol. The topological polar surface area (TPSA) is 139 Å². The number of hydrogen-bond acceptors (Lipinski definition) is 10. The highest BCUT2D eigenvalue weighted by atomic mass is 32.2. The molecule has 2 aromatic carbocycles. The second-order valence-corrected chi connectivity index (χ2v) is 14.0. The van der Waals surface area contributed by atoms with Gasteiger partial charge in [-0.1, -0.05) is 30.0 Å². The number of methoxy groups -OCH3 is 1. The van der Waals surface area contributed by atoms with Gasteiger partial charge in [0.05, 0.1) is 40.9 Å². The maximum Gasteiger partial charge on any atom is 0.253 e. The number of amides is 2. The van der Waals surface area contributed by atoms with E-state index in [2.05, 4.69) is 15.5 Å². The summed E-state index contributed by atoms with van der Waals surface area (Å²) in [6, 6.07) is 17.1. The van der Waals surface area contributed by atoms with Crippen molar-refractivity contribution in [1.82, 2.24) is 29.4 Å². The number of sulfonamides is 1. The van der Waals surface area contributed by atoms with Crippen LogP contribution in [0.3, 0.4) is 0 Å². The summed E-state index contributed by atoms with van der Waals surface area (Å²) in [5.74, 6) is 0.774. The normalized spacial score (nSPS) is 15.0. The highest BCUT2D eigenvalue weighted by molar-refractivity contribution is 7.99. The van der Waals surface area contributed by atoms with E-state index >= 15 is 0 Å². The average molecular weight is 654 g/mol. The molecule has 0 spiro atoms. The molecule has 1 aliphatic heterocycles. The van der Waals surface area contributed by atoms with E-state index in [1.807, 2.05) is 41.8 Å². The predicted octanol–water partition coefficient (Wildman–Crippen LogP) is 3.54. The molecule has 0 saturated carbocycles. The first-order chi connectivity index (χ1) is 21.1. The molecule has 12 nitrogen and oxygen atoms in total. The number of hydrazone groups is 1. The third-order valence-electron chi connectivity index (χ3n) is 7.02. The summed E-state index contributed by atoms with van der Waals surface area (Å²) < 4.78 is 32.7. The third-order valence-corrected chi connectivity index (χ3v) is 10.8. The molecule has 0 radical (unpaired) electrons. The minimum atomic E-state index is -3.59. The van der Waals surface area contributed by atoms with E-state index in [1.54, 1.807) is 35.1 Å². The van der Waals surface area contributed by atoms with Crippen LogP contribution in [0.1, 0.15) is 39.1 Å². The largest absolute Gasteiger partial charge is 0.497 e. The Bertz CT molecular complexity index is 1770. The number of rotatable bonds is 11. The van der Waals surface area contributed by atoms with Gasteiger partial charge in [0, 0.05) is 33.1 Å². The zero-order valence-electron chi connectivity index (χ0n) is 24.5. The smallest absolute Gasteiger partial charge is 0.253 e. The van der Waals surface area contributed by atoms with Gasteiger partial charge < -0.3 is 14.6 Å². The second kappa shape index (κ2) is 13.3. The molecule has 0 fully saturated rings. The standard InChI is InChI=1S/C29H31N7O5S3/c1-34(2)44(39,40)22-13-9-20(10-14-22)28(38)30-17-26-31-32-29(35(26)3)43-18-27(37)36-24(19-7-11-21(41-4)12-8-19)16-23(33-36)25-6-5-15-42-25/h5-15,24H,16-18H2,1-4H3,(H,30,38). The molecule has 5 rings (SSSR count). The lowest BCUT2D eigenvalue weighted by molar-refractivity contribution is -0.130. The van der Waals surface area contributed by atoms with Crippen LogP contribution in [0.5, 0.6) is 5.75 Å². The van der Waals surface area contributed by atoms with Crippen LogP contribution in [0.25, 0.3) is 0 Å². The Morgan fingerprint density at radius 3 is 2.45 bits per heavy atom. The van der Waals surface area contributed by atoms with Crippen molar-refractivity contribution in [2.75, 3.05) is 27.0 Å². The summed E-state index contributed by atoms with van der Waals surface area (Å²) in [4.78, 5) is 27.3. The van der Waals surface area contributed by atoms with Crippen LogP contribution >= 0.6 is 23.1 Å². The van der Waals surface area contributed by atoms with Gasteiger partial charge in [-0.25, -0.2) is 17.7 Å². The summed E-state index contributed by atoms with van der Waals surface area (Å²) in [7, 11) is 2.68. The number of nitrogens with one attached hydrogen (secondary N) is 1. The van der Waals surface area contributed by atoms with Gasteiger partial charge in [-0.15, -0.1) is 21.5 Å². The van der Waals surface area contributed by atoms with Crippen molar-refractivity contribution in [3.8, 4) is 5.75 Å². The van der Waals surface area contributed by atoms with E-state index in [9.17, 15) is 18.0 Å². The summed E-state index contributed by atoms with van der Waals surface area (Å²) in [5, 5.41) is 19.9. The highest BCUT2D eigenvalue weighted by Crippen LogP contribution is 2.35. The maximum absolute atomic E-state index is 13.5. The Labute approximate surface area is 263 Å². The Morgan fingerprint density at radius 1 is 1.09 bits per heavy atom. The number of benzene rings is 2. The molecule has 1 N–H and O–H groups in total. The van der Waals surface area contributed by atoms with E-state index in [-0.39, 0.29) is 35.0 Å². The average Bonchev–Trinajstić information content (AvgIpc) is 3.79. The Morgan fingerprint density at radius 2 is 1.82 bits per heavy atom. The number of thioether (sulfide) groups is 1. The van der Waals surface area contributed by atoms with Crippen LogP contribution in [0.15, 0.2) is 81.2 Å². The van der Waals surface area contributed by atoms with Crippen molar-refractivity contribution < 1.29 is 22.7 Å². The van der Waals surface area contributed by atoms with Gasteiger partial charge in [-0.05, 0) is 53.4 Å². The van der Waals surface area contributed by atoms with Crippen molar-refractivity contribution in [1.29, 1.82) is 0 Å². The van der Waals surface area contributed by atoms with Gasteiger partial charge in [-0.2, -0.15) is 5.10 Å². The van der Waals surface area contributed by atoms with Crippen molar-refractivity contribution in [3.63, 3.8) is 0 Å². The summed E-state index contributed by atoms with van der Waals surface area (Å²) in [6.45, 7) is 0.0920. The molecule has 0 saturated heterocycles. The molecule has 1 atom stereocenters. The van der Waals surface area contributed by atoms with Gasteiger partial charge in [0.15, 0.2) is 11.0 Å². The van der Waals surface area contributed by atoms with E-state index in [0.29, 0.717) is 23.0 Å². The lowest BCUT2D eigenvalue weighted by Crippen LogP contribution is -2.28. The first kappa shape index (κ1) is 31.4. The monoisotopic (exact) mass is 653 g/mol. The summed E-state index contributed by atoms with van der Waals surface area (Å²) in [6.07, 6.45) is 0.602. The van der Waals surface area contributed by atoms with Crippen LogP contribution in [0.2, 0.25) is 0 Å². The van der Waals surface area contributed by atoms with E-state index < -0.39 is 10.0 Å². The molecule has 4 aromatic rings. The first-order valence-corrected chi connectivity index (χ1v) is 16.8. The molecule has 3 heterocycles. The Balaban J connectivity index is 1.22. The summed E-state index contributed by atoms with van der Waals surface area (Å²) in [5.41, 5.74) is 2.14. The minimum absolute atomic E-state index is 0.0917. The fraction of sp³-hybridized carbons (Fsp3) is 0.276. The molecule has 230 valence electrons. The lowest BCUT2D eigenvalue weighted by atomic mass is 10.0. The van der Waals surface area contributed by atoms with E-state index in [1.165, 1.54) is 50.1 Å². The zero-order chi connectivity index (χ0) is 31.4. The molecule has 1 aliphatic rings. The quantitative estimate of drug-likeness (QED) is 0.243. The van der Waals surface area contributed by atoms with Crippen LogP contribution < -0.4 is 10.1 Å². The summed E-state index contributed by atoms with van der Waals surface area (Å²) >= 11 is 2.83. The molecule has 2 amide bonds. The fourth-order valence-corrected chi connectivity index (χ4v) is 6.89. The molecule has 15 heteroatoms. The second-order valence-electron chi connectivity index (χ2n) is 10.00. The van der Waals surface area contributed by atoms with Crippen LogP contribution in [0.4, 0.5) is 0 Å². The maximum atomic E-state index is 13.5. The minimum Gasteiger partial charge on any atom is -0.497 e. The van der Waals surface area contributed by atoms with Crippen LogP contribution in [-0.2, 0) is 28.4 Å². The number of carbonyl (C=O) groups excluding carboxylic acids is 2. The van der Waals surface area contributed by atoms with Gasteiger partial charge in [-0.3, -0.25) is 9.59 Å². The van der Waals surface area contributed by atoms with Gasteiger partial charge >= 0.3 is 0 Å². The number of thiophene rings is 1. The van der Waals surface area contributed by atoms with Crippen LogP contribution in [-0.4, -0.2) is 77.0 Å². The first-order valence-electron chi connectivity index (χ1n) is 13.5. The van der Waals surface area contributed by atoms with E-state index in [0.717, 1.165) is 26.2 Å². The molecular formula is C29H31N7O5S3. The Hall–Kier alpha value is -4.05. The van der Waals surface area contributed by atoms with Crippen molar-refractivity contribution in [3.05, 3.63) is 87.9 Å². The SMILES string of the molecule is COc1ccc(C2CC(c3cccs3)=NN2C(=O)CSc2nnc(CNC(=O)c3ccc(S(=O)(=O)N(C)C)cc3)n2C)cc1. The highest BCUT2D eigenvalue weighted by Gasteiger charge is 2.33. The zero-order valence-corrected chi connectivity index (χ0v) is 26.9. The van der Waals surface area contributed by atoms with Gasteiger partial charge in [0.1, 0.15) is 5.75 Å². The number of hydrogen-bond donors (Lipinski definition) is 1. The van der Waals surface area contributed by atoms with E-state index in [4.69, 9.17) is 9.84 Å². The Kier molecular flexibility index (Phi) is 9.48. The fourth-order valence-electron chi connectivity index (χ4n) is 4.49. The molecule has 2 aromatic heterocycles. The number of aromatic nitrogens is 3. The lowest BCUT2D eigenvalue weighted by Gasteiger charge is -2.22. The number of carbonyl (C=O) groups is 2. The molecule has 0 aliphatic carbocycles. The number of ether oxygens (including phenoxy) is 1. The van der Waals surface area contributed by atoms with Crippen LogP contribution in [0, 0.1) is 0 Å². The third kappa shape index (κ3) is 6.70. The van der Waals surface area contributed by atoms with Gasteiger partial charge in [0.25, 0.3) is 11.8 Å². The predicted molar refractivity (Wildman–Crippen MR) is 168 cm³/mol. The number of nitrogens with zero attached hydrogens (tertiary/aromatic N) is 6. The van der Waals surface area contributed by atoms with Gasteiger partial charge in [0.2, 0.25) is 10.0 Å². The molecule has 44 heavy (non-hydrogen) atoms. The molecule has 1 unspecified atom stereocenters. The molecule has 0 bridgehead atoms.